The molecular weight excluding hydrogens is 274 g/mol. The van der Waals surface area contributed by atoms with Gasteiger partial charge in [0.15, 0.2) is 0 Å². The molecule has 0 saturated heterocycles. The molecular formula is C17H21N5. The molecule has 2 rings (SSSR count). The standard InChI is InChI=1S/C17H21N5/c1-5-7-8-13(6-2)15-9-14-16(11-19-15)21-22-17(14)12(3)10-20-18-4/h5-11,18,20H,2H2,1,3-4H3,(H,21,22)/b7-5-,12-10+,13-8+. The van der Waals surface area contributed by atoms with Gasteiger partial charge in [0, 0.05) is 18.6 Å². The summed E-state index contributed by atoms with van der Waals surface area (Å²) in [6, 6.07) is 2.03. The van der Waals surface area contributed by atoms with Crippen LogP contribution in [0.5, 0.6) is 0 Å². The molecule has 0 spiro atoms. The van der Waals surface area contributed by atoms with Gasteiger partial charge in [-0.2, -0.15) is 5.10 Å². The smallest absolute Gasteiger partial charge is 0.0972 e. The number of hydrogen-bond acceptors (Lipinski definition) is 4. The third-order valence-electron chi connectivity index (χ3n) is 3.24. The predicted octanol–water partition coefficient (Wildman–Crippen LogP) is 3.19. The maximum Gasteiger partial charge on any atom is 0.0972 e. The average molecular weight is 295 g/mol. The minimum atomic E-state index is 0.873. The van der Waals surface area contributed by atoms with E-state index in [1.54, 1.807) is 12.3 Å². The van der Waals surface area contributed by atoms with Gasteiger partial charge in [-0.05, 0) is 31.1 Å². The fraction of sp³-hybridized carbons (Fsp3) is 0.176. The molecule has 0 unspecified atom stereocenters. The molecule has 0 aromatic carbocycles. The van der Waals surface area contributed by atoms with E-state index in [0.717, 1.165) is 33.4 Å². The molecule has 0 aliphatic rings. The minimum absolute atomic E-state index is 0.873. The van der Waals surface area contributed by atoms with Crippen molar-refractivity contribution in [3.05, 3.63) is 60.7 Å². The van der Waals surface area contributed by atoms with Crippen LogP contribution in [0.4, 0.5) is 0 Å². The highest BCUT2D eigenvalue weighted by Gasteiger charge is 2.10. The van der Waals surface area contributed by atoms with Gasteiger partial charge in [0.1, 0.15) is 0 Å². The summed E-state index contributed by atoms with van der Waals surface area (Å²) in [6.07, 6.45) is 11.4. The molecule has 0 aliphatic heterocycles. The van der Waals surface area contributed by atoms with Gasteiger partial charge in [-0.1, -0.05) is 30.9 Å². The Morgan fingerprint density at radius 3 is 2.91 bits per heavy atom. The maximum atomic E-state index is 4.47. The molecule has 0 atom stereocenters. The number of nitrogens with zero attached hydrogens (tertiary/aromatic N) is 2. The first kappa shape index (κ1) is 15.7. The second-order valence-corrected chi connectivity index (χ2v) is 4.76. The summed E-state index contributed by atoms with van der Waals surface area (Å²) in [7, 11) is 1.82. The lowest BCUT2D eigenvalue weighted by Crippen LogP contribution is -2.21. The molecule has 2 heterocycles. The van der Waals surface area contributed by atoms with Crippen molar-refractivity contribution in [2.45, 2.75) is 13.8 Å². The molecule has 2 aromatic rings. The van der Waals surface area contributed by atoms with Crippen molar-refractivity contribution in [2.24, 2.45) is 0 Å². The number of hydrogen-bond donors (Lipinski definition) is 3. The van der Waals surface area contributed by atoms with Gasteiger partial charge in [-0.15, -0.1) is 0 Å². The first-order chi connectivity index (χ1) is 10.7. The Kier molecular flexibility index (Phi) is 5.27. The van der Waals surface area contributed by atoms with Crippen LogP contribution < -0.4 is 10.9 Å². The quantitative estimate of drug-likeness (QED) is 0.565. The summed E-state index contributed by atoms with van der Waals surface area (Å²) in [5, 5.41) is 8.42. The Bertz CT molecular complexity index is 749. The molecule has 2 aromatic heterocycles. The highest BCUT2D eigenvalue weighted by Crippen LogP contribution is 2.24. The van der Waals surface area contributed by atoms with Gasteiger partial charge in [0.25, 0.3) is 0 Å². The number of aromatic amines is 1. The van der Waals surface area contributed by atoms with E-state index < -0.39 is 0 Å². The van der Waals surface area contributed by atoms with Crippen LogP contribution in [0, 0.1) is 0 Å². The second kappa shape index (κ2) is 7.38. The number of aromatic nitrogens is 3. The third-order valence-corrected chi connectivity index (χ3v) is 3.24. The molecule has 0 bridgehead atoms. The van der Waals surface area contributed by atoms with Crippen LogP contribution in [0.1, 0.15) is 25.2 Å². The zero-order valence-corrected chi connectivity index (χ0v) is 13.1. The molecule has 114 valence electrons. The topological polar surface area (TPSA) is 65.6 Å². The first-order valence-corrected chi connectivity index (χ1v) is 7.10. The van der Waals surface area contributed by atoms with E-state index in [-0.39, 0.29) is 0 Å². The highest BCUT2D eigenvalue weighted by atomic mass is 15.3. The summed E-state index contributed by atoms with van der Waals surface area (Å²) in [4.78, 5) is 4.47. The monoisotopic (exact) mass is 295 g/mol. The number of rotatable bonds is 6. The fourth-order valence-corrected chi connectivity index (χ4v) is 2.08. The van der Waals surface area contributed by atoms with Crippen LogP contribution in [0.25, 0.3) is 22.0 Å². The van der Waals surface area contributed by atoms with Crippen LogP contribution in [-0.2, 0) is 0 Å². The SMILES string of the molecule is C=C/C(=C\C=C/C)c1cc2c(/C(C)=C/NNC)n[nH]c2cn1. The van der Waals surface area contributed by atoms with Crippen molar-refractivity contribution in [3.8, 4) is 0 Å². The fourth-order valence-electron chi connectivity index (χ4n) is 2.08. The molecule has 22 heavy (non-hydrogen) atoms. The molecule has 0 fully saturated rings. The van der Waals surface area contributed by atoms with E-state index in [2.05, 4.69) is 32.6 Å². The van der Waals surface area contributed by atoms with E-state index in [4.69, 9.17) is 0 Å². The molecule has 3 N–H and O–H groups in total. The maximum absolute atomic E-state index is 4.47. The lowest BCUT2D eigenvalue weighted by atomic mass is 10.1. The van der Waals surface area contributed by atoms with Crippen molar-refractivity contribution >= 4 is 22.0 Å². The van der Waals surface area contributed by atoms with Crippen molar-refractivity contribution in [1.29, 1.82) is 0 Å². The van der Waals surface area contributed by atoms with Crippen LogP contribution >= 0.6 is 0 Å². The van der Waals surface area contributed by atoms with Gasteiger partial charge in [0.2, 0.25) is 0 Å². The van der Waals surface area contributed by atoms with Crippen LogP contribution in [0.3, 0.4) is 0 Å². The molecule has 5 heteroatoms. The van der Waals surface area contributed by atoms with Gasteiger partial charge in [-0.3, -0.25) is 10.1 Å². The lowest BCUT2D eigenvalue weighted by molar-refractivity contribution is 0.731. The summed E-state index contributed by atoms with van der Waals surface area (Å²) in [5.74, 6) is 0. The Balaban J connectivity index is 2.51. The number of allylic oxidation sites excluding steroid dienone is 6. The number of H-pyrrole nitrogens is 1. The molecule has 5 nitrogen and oxygen atoms in total. The van der Waals surface area contributed by atoms with Gasteiger partial charge in [0.05, 0.1) is 23.1 Å². The van der Waals surface area contributed by atoms with Gasteiger partial charge in [-0.25, -0.2) is 5.43 Å². The lowest BCUT2D eigenvalue weighted by Gasteiger charge is -2.03. The summed E-state index contributed by atoms with van der Waals surface area (Å²) < 4.78 is 0. The van der Waals surface area contributed by atoms with Crippen molar-refractivity contribution < 1.29 is 0 Å². The number of hydrazine groups is 1. The van der Waals surface area contributed by atoms with Crippen LogP contribution in [0.2, 0.25) is 0 Å². The molecule has 0 radical (unpaired) electrons. The van der Waals surface area contributed by atoms with Crippen LogP contribution in [-0.4, -0.2) is 22.2 Å². The Morgan fingerprint density at radius 1 is 1.41 bits per heavy atom. The van der Waals surface area contributed by atoms with E-state index in [0.29, 0.717) is 0 Å². The van der Waals surface area contributed by atoms with Gasteiger partial charge >= 0.3 is 0 Å². The Labute approximate surface area is 130 Å². The van der Waals surface area contributed by atoms with E-state index in [1.165, 1.54) is 0 Å². The average Bonchev–Trinajstić information content (AvgIpc) is 2.96. The highest BCUT2D eigenvalue weighted by molar-refractivity contribution is 5.91. The normalized spacial score (nSPS) is 13.0. The Morgan fingerprint density at radius 2 is 2.23 bits per heavy atom. The minimum Gasteiger partial charge on any atom is -0.329 e. The predicted molar refractivity (Wildman–Crippen MR) is 92.7 cm³/mol. The third kappa shape index (κ3) is 3.32. The zero-order valence-electron chi connectivity index (χ0n) is 13.1. The summed E-state index contributed by atoms with van der Waals surface area (Å²) >= 11 is 0. The van der Waals surface area contributed by atoms with Crippen LogP contribution in [0.15, 0.2) is 49.3 Å². The molecule has 0 saturated carbocycles. The van der Waals surface area contributed by atoms with E-state index >= 15 is 0 Å². The summed E-state index contributed by atoms with van der Waals surface area (Å²) in [5.41, 5.74) is 10.5. The van der Waals surface area contributed by atoms with Crippen molar-refractivity contribution in [1.82, 2.24) is 26.0 Å². The molecule has 0 aliphatic carbocycles. The van der Waals surface area contributed by atoms with E-state index in [9.17, 15) is 0 Å². The van der Waals surface area contributed by atoms with Gasteiger partial charge < -0.3 is 5.43 Å². The second-order valence-electron chi connectivity index (χ2n) is 4.76. The van der Waals surface area contributed by atoms with Crippen molar-refractivity contribution in [2.75, 3.05) is 7.05 Å². The number of pyridine rings is 1. The zero-order chi connectivity index (χ0) is 15.9. The van der Waals surface area contributed by atoms with E-state index in [1.807, 2.05) is 51.4 Å². The number of fused-ring (bicyclic) bond motifs is 1. The molecule has 0 amide bonds. The Hall–Kier alpha value is -2.66. The summed E-state index contributed by atoms with van der Waals surface area (Å²) in [6.45, 7) is 7.84. The number of nitrogens with one attached hydrogen (secondary N) is 3. The van der Waals surface area contributed by atoms with Crippen molar-refractivity contribution in [3.63, 3.8) is 0 Å². The first-order valence-electron chi connectivity index (χ1n) is 7.10. The largest absolute Gasteiger partial charge is 0.329 e.